The van der Waals surface area contributed by atoms with Crippen LogP contribution in [-0.2, 0) is 14.2 Å². The van der Waals surface area contributed by atoms with Gasteiger partial charge in [0.05, 0.1) is 25.0 Å². The summed E-state index contributed by atoms with van der Waals surface area (Å²) in [4.78, 5) is 22.7. The summed E-state index contributed by atoms with van der Waals surface area (Å²) in [6.07, 6.45) is -16.3. The van der Waals surface area contributed by atoms with E-state index in [-0.39, 0.29) is 12.4 Å². The fraction of sp³-hybridized carbons (Fsp3) is 0.933. The Labute approximate surface area is 180 Å². The average molecular weight is 476 g/mol. The van der Waals surface area contributed by atoms with Crippen molar-refractivity contribution >= 4 is 17.6 Å². The molecule has 2 aliphatic heterocycles. The number of halogens is 1. The van der Waals surface area contributed by atoms with Crippen molar-refractivity contribution in [2.75, 3.05) is 25.6 Å². The Kier molecular flexibility index (Phi) is 9.71. The number of amides is 2. The Balaban J connectivity index is 2.10. The highest BCUT2D eigenvalue weighted by atomic mass is 35.5. The van der Waals surface area contributed by atoms with Gasteiger partial charge in [0.15, 0.2) is 12.5 Å². The summed E-state index contributed by atoms with van der Waals surface area (Å²) in [5, 5.41) is 74.3. The SMILES string of the molecule is O=NN(CCCl)C(=O)N[C@@H]1O[C@H](CO)[C@@H](O[C@H]2O[C@H](CO)[C@@H](O)[C@H](O)[C@H]2O)[C@H](O)[C@H]1O. The second-order valence-corrected chi connectivity index (χ2v) is 7.28. The molecule has 2 fully saturated rings. The van der Waals surface area contributed by atoms with E-state index in [9.17, 15) is 45.4 Å². The number of nitroso groups, excluding NO2 is 1. The first-order chi connectivity index (χ1) is 14.7. The maximum atomic E-state index is 12.0. The van der Waals surface area contributed by atoms with Gasteiger partial charge >= 0.3 is 6.03 Å². The van der Waals surface area contributed by atoms with Crippen molar-refractivity contribution in [2.24, 2.45) is 5.29 Å². The van der Waals surface area contributed by atoms with Gasteiger partial charge in [0.25, 0.3) is 0 Å². The van der Waals surface area contributed by atoms with E-state index < -0.39 is 80.6 Å². The second-order valence-electron chi connectivity index (χ2n) is 6.90. The molecule has 31 heavy (non-hydrogen) atoms. The molecule has 2 rings (SSSR count). The van der Waals surface area contributed by atoms with Gasteiger partial charge in [0.2, 0.25) is 0 Å². The number of hydrogen-bond acceptors (Lipinski definition) is 13. The summed E-state index contributed by atoms with van der Waals surface area (Å²) in [5.41, 5.74) is 0. The maximum absolute atomic E-state index is 12.0. The summed E-state index contributed by atoms with van der Waals surface area (Å²) < 4.78 is 15.9. The minimum atomic E-state index is -1.83. The molecule has 0 saturated carbocycles. The second kappa shape index (κ2) is 11.6. The highest BCUT2D eigenvalue weighted by Crippen LogP contribution is 2.28. The van der Waals surface area contributed by atoms with Gasteiger partial charge in [-0.15, -0.1) is 16.5 Å². The third-order valence-electron chi connectivity index (χ3n) is 4.90. The highest BCUT2D eigenvalue weighted by molar-refractivity contribution is 6.18. The molecule has 180 valence electrons. The van der Waals surface area contributed by atoms with Gasteiger partial charge < -0.3 is 55.3 Å². The molecule has 0 bridgehead atoms. The van der Waals surface area contributed by atoms with E-state index in [0.717, 1.165) is 0 Å². The molecule has 0 spiro atoms. The van der Waals surface area contributed by atoms with E-state index >= 15 is 0 Å². The zero-order valence-electron chi connectivity index (χ0n) is 16.0. The largest absolute Gasteiger partial charge is 0.394 e. The number of nitrogens with one attached hydrogen (secondary N) is 1. The molecule has 10 atom stereocenters. The monoisotopic (exact) mass is 475 g/mol. The van der Waals surface area contributed by atoms with E-state index in [1.165, 1.54) is 0 Å². The number of aliphatic hydroxyl groups excluding tert-OH is 7. The van der Waals surface area contributed by atoms with Crippen molar-refractivity contribution in [3.63, 3.8) is 0 Å². The van der Waals surface area contributed by atoms with Crippen molar-refractivity contribution in [1.29, 1.82) is 0 Å². The summed E-state index contributed by atoms with van der Waals surface area (Å²) in [6.45, 7) is -1.75. The first-order valence-electron chi connectivity index (χ1n) is 9.25. The van der Waals surface area contributed by atoms with Gasteiger partial charge in [-0.3, -0.25) is 0 Å². The molecule has 0 aliphatic carbocycles. The van der Waals surface area contributed by atoms with Crippen molar-refractivity contribution in [3.8, 4) is 0 Å². The van der Waals surface area contributed by atoms with Crippen LogP contribution in [0.3, 0.4) is 0 Å². The number of rotatable bonds is 8. The number of alkyl halides is 1. The molecule has 0 unspecified atom stereocenters. The van der Waals surface area contributed by atoms with Crippen LogP contribution in [0.15, 0.2) is 5.29 Å². The van der Waals surface area contributed by atoms with Crippen LogP contribution in [0.4, 0.5) is 4.79 Å². The lowest BCUT2D eigenvalue weighted by molar-refractivity contribution is -0.342. The minimum Gasteiger partial charge on any atom is -0.394 e. The number of nitrogens with zero attached hydrogens (tertiary/aromatic N) is 2. The summed E-state index contributed by atoms with van der Waals surface area (Å²) in [5.74, 6) is -0.107. The summed E-state index contributed by atoms with van der Waals surface area (Å²) in [6, 6.07) is -1.09. The lowest BCUT2D eigenvalue weighted by Gasteiger charge is -2.46. The van der Waals surface area contributed by atoms with Crippen LogP contribution >= 0.6 is 11.6 Å². The third-order valence-corrected chi connectivity index (χ3v) is 5.07. The van der Waals surface area contributed by atoms with Gasteiger partial charge in [-0.2, -0.15) is 5.01 Å². The standard InChI is InChI=1S/C15H26ClN3O12/c16-1-2-19(18-28)15(27)17-13-10(25)9(24)12(6(4-21)29-13)31-14-11(26)8(23)7(22)5(3-20)30-14/h5-14,20-26H,1-4H2,(H,17,27)/t5-,6-,7-,8+,9-,10-,11-,12-,13-,14-/m1/s1. The van der Waals surface area contributed by atoms with E-state index in [1.54, 1.807) is 0 Å². The lowest BCUT2D eigenvalue weighted by Crippen LogP contribution is -2.67. The van der Waals surface area contributed by atoms with E-state index in [1.807, 2.05) is 0 Å². The fourth-order valence-electron chi connectivity index (χ4n) is 3.16. The zero-order valence-corrected chi connectivity index (χ0v) is 16.8. The van der Waals surface area contributed by atoms with Crippen molar-refractivity contribution in [2.45, 2.75) is 61.3 Å². The number of carbonyl (C=O) groups excluding carboxylic acids is 1. The zero-order chi connectivity index (χ0) is 23.3. The molecule has 0 aromatic carbocycles. The molecular weight excluding hydrogens is 450 g/mol. The predicted molar refractivity (Wildman–Crippen MR) is 98.2 cm³/mol. The predicted octanol–water partition coefficient (Wildman–Crippen LogP) is -4.46. The Hall–Kier alpha value is -1.24. The fourth-order valence-corrected chi connectivity index (χ4v) is 3.32. The molecule has 0 aromatic heterocycles. The molecular formula is C15H26ClN3O12. The molecule has 2 aliphatic rings. The van der Waals surface area contributed by atoms with Crippen molar-refractivity contribution in [3.05, 3.63) is 4.91 Å². The molecule has 2 heterocycles. The number of hydrogen-bond donors (Lipinski definition) is 8. The van der Waals surface area contributed by atoms with Gasteiger partial charge in [0.1, 0.15) is 48.8 Å². The van der Waals surface area contributed by atoms with Crippen LogP contribution in [0.2, 0.25) is 0 Å². The Morgan fingerprint density at radius 3 is 2.16 bits per heavy atom. The molecule has 0 aromatic rings. The number of aliphatic hydroxyl groups is 7. The quantitative estimate of drug-likeness (QED) is 0.0943. The highest BCUT2D eigenvalue weighted by Gasteiger charge is 2.50. The number of ether oxygens (including phenoxy) is 3. The van der Waals surface area contributed by atoms with Crippen LogP contribution in [0.25, 0.3) is 0 Å². The summed E-state index contributed by atoms with van der Waals surface area (Å²) >= 11 is 5.45. The van der Waals surface area contributed by atoms with Gasteiger partial charge in [-0.1, -0.05) is 0 Å². The Morgan fingerprint density at radius 1 is 0.968 bits per heavy atom. The van der Waals surface area contributed by atoms with E-state index in [4.69, 9.17) is 25.8 Å². The van der Waals surface area contributed by atoms with Gasteiger partial charge in [-0.25, -0.2) is 4.79 Å². The average Bonchev–Trinajstić information content (AvgIpc) is 2.76. The van der Waals surface area contributed by atoms with Crippen molar-refractivity contribution in [1.82, 2.24) is 10.3 Å². The Morgan fingerprint density at radius 2 is 1.61 bits per heavy atom. The topological polar surface area (TPSA) is 231 Å². The first-order valence-corrected chi connectivity index (χ1v) is 9.79. The molecule has 15 nitrogen and oxygen atoms in total. The lowest BCUT2D eigenvalue weighted by atomic mass is 9.96. The van der Waals surface area contributed by atoms with Crippen molar-refractivity contribution < 1.29 is 54.8 Å². The Bertz CT molecular complexity index is 602. The smallest absolute Gasteiger partial charge is 0.342 e. The van der Waals surface area contributed by atoms with E-state index in [0.29, 0.717) is 5.01 Å². The molecule has 8 N–H and O–H groups in total. The molecule has 2 amide bonds. The van der Waals surface area contributed by atoms with Gasteiger partial charge in [0, 0.05) is 5.88 Å². The molecule has 16 heteroatoms. The van der Waals surface area contributed by atoms with Gasteiger partial charge in [-0.05, 0) is 0 Å². The maximum Gasteiger partial charge on any atom is 0.342 e. The normalized spacial score (nSPS) is 40.9. The van der Waals surface area contributed by atoms with Crippen LogP contribution in [0.5, 0.6) is 0 Å². The molecule has 0 radical (unpaired) electrons. The molecule has 2 saturated heterocycles. The van der Waals surface area contributed by atoms with Crippen LogP contribution in [0, 0.1) is 4.91 Å². The third kappa shape index (κ3) is 5.77. The van der Waals surface area contributed by atoms with E-state index in [2.05, 4.69) is 10.6 Å². The number of carbonyl (C=O) groups is 1. The van der Waals surface area contributed by atoms with Crippen LogP contribution in [0.1, 0.15) is 0 Å². The first kappa shape index (κ1) is 26.0. The number of urea groups is 1. The summed E-state index contributed by atoms with van der Waals surface area (Å²) in [7, 11) is 0. The van der Waals surface area contributed by atoms with Crippen LogP contribution in [-0.4, -0.2) is 134 Å². The minimum absolute atomic E-state index is 0.107. The van der Waals surface area contributed by atoms with Crippen LogP contribution < -0.4 is 5.32 Å².